The second kappa shape index (κ2) is 6.81. The number of nitrogens with one attached hydrogen (secondary N) is 1. The van der Waals surface area contributed by atoms with Gasteiger partial charge < -0.3 is 14.5 Å². The van der Waals surface area contributed by atoms with Crippen LogP contribution in [0, 0.1) is 6.92 Å². The average Bonchev–Trinajstić information content (AvgIpc) is 3.21. The van der Waals surface area contributed by atoms with Crippen molar-refractivity contribution in [3.63, 3.8) is 0 Å². The summed E-state index contributed by atoms with van der Waals surface area (Å²) in [5.74, 6) is 0. The lowest BCUT2D eigenvalue weighted by molar-refractivity contribution is 0.223. The summed E-state index contributed by atoms with van der Waals surface area (Å²) in [4.78, 5) is 10.6. The van der Waals surface area contributed by atoms with Gasteiger partial charge >= 0.3 is 0 Å². The molecule has 0 aliphatic carbocycles. The SMILES string of the molecule is Cc1c(-c2cncn2CCCN2CCCCC2)[nH]c2ccccc12. The molecule has 1 saturated heterocycles. The van der Waals surface area contributed by atoms with Crippen LogP contribution in [0.15, 0.2) is 36.8 Å². The van der Waals surface area contributed by atoms with Crippen LogP contribution in [0.2, 0.25) is 0 Å². The topological polar surface area (TPSA) is 36.9 Å². The zero-order valence-electron chi connectivity index (χ0n) is 14.5. The normalized spacial score (nSPS) is 16.0. The summed E-state index contributed by atoms with van der Waals surface area (Å²) in [7, 11) is 0. The summed E-state index contributed by atoms with van der Waals surface area (Å²) in [5.41, 5.74) is 4.91. The van der Waals surface area contributed by atoms with Gasteiger partial charge in [0.25, 0.3) is 0 Å². The molecule has 1 aliphatic heterocycles. The highest BCUT2D eigenvalue weighted by atomic mass is 15.1. The minimum absolute atomic E-state index is 1.03. The second-order valence-corrected chi connectivity index (χ2v) is 6.90. The molecule has 4 heteroatoms. The number of aromatic nitrogens is 3. The van der Waals surface area contributed by atoms with E-state index >= 15 is 0 Å². The van der Waals surface area contributed by atoms with Gasteiger partial charge in [0.2, 0.25) is 0 Å². The molecule has 0 spiro atoms. The minimum atomic E-state index is 1.03. The number of nitrogens with zero attached hydrogens (tertiary/aromatic N) is 3. The third kappa shape index (κ3) is 2.98. The Balaban J connectivity index is 1.50. The lowest BCUT2D eigenvalue weighted by atomic mass is 10.1. The first-order valence-electron chi connectivity index (χ1n) is 9.13. The summed E-state index contributed by atoms with van der Waals surface area (Å²) in [6.45, 7) is 6.97. The molecule has 0 saturated carbocycles. The fourth-order valence-electron chi connectivity index (χ4n) is 3.89. The summed E-state index contributed by atoms with van der Waals surface area (Å²) in [6, 6.07) is 8.51. The van der Waals surface area contributed by atoms with Crippen LogP contribution < -0.4 is 0 Å². The van der Waals surface area contributed by atoms with Gasteiger partial charge in [0.05, 0.1) is 23.9 Å². The molecule has 0 radical (unpaired) electrons. The predicted octanol–water partition coefficient (Wildman–Crippen LogP) is 4.22. The number of imidazole rings is 1. The Labute approximate surface area is 143 Å². The number of hydrogen-bond donors (Lipinski definition) is 1. The van der Waals surface area contributed by atoms with Crippen LogP contribution in [0.5, 0.6) is 0 Å². The van der Waals surface area contributed by atoms with Crippen molar-refractivity contribution >= 4 is 10.9 Å². The highest BCUT2D eigenvalue weighted by Crippen LogP contribution is 2.29. The van der Waals surface area contributed by atoms with Gasteiger partial charge in [0.15, 0.2) is 0 Å². The molecule has 126 valence electrons. The molecule has 4 rings (SSSR count). The minimum Gasteiger partial charge on any atom is -0.353 e. The quantitative estimate of drug-likeness (QED) is 0.764. The van der Waals surface area contributed by atoms with Gasteiger partial charge in [0.1, 0.15) is 0 Å². The average molecular weight is 322 g/mol. The lowest BCUT2D eigenvalue weighted by Crippen LogP contribution is -2.31. The monoisotopic (exact) mass is 322 g/mol. The Kier molecular flexibility index (Phi) is 4.39. The van der Waals surface area contributed by atoms with E-state index in [2.05, 4.69) is 50.6 Å². The Morgan fingerprint density at radius 3 is 2.75 bits per heavy atom. The van der Waals surface area contributed by atoms with Crippen LogP contribution in [0.4, 0.5) is 0 Å². The van der Waals surface area contributed by atoms with E-state index in [1.54, 1.807) is 0 Å². The Morgan fingerprint density at radius 2 is 1.92 bits per heavy atom. The number of rotatable bonds is 5. The summed E-state index contributed by atoms with van der Waals surface area (Å²) >= 11 is 0. The van der Waals surface area contributed by atoms with Gasteiger partial charge in [0, 0.05) is 17.4 Å². The van der Waals surface area contributed by atoms with Crippen molar-refractivity contribution in [3.05, 3.63) is 42.4 Å². The summed E-state index contributed by atoms with van der Waals surface area (Å²) in [6.07, 6.45) is 9.27. The maximum atomic E-state index is 4.40. The first-order chi connectivity index (χ1) is 11.8. The zero-order valence-corrected chi connectivity index (χ0v) is 14.5. The van der Waals surface area contributed by atoms with Crippen molar-refractivity contribution in [3.8, 4) is 11.4 Å². The molecule has 3 aromatic rings. The molecule has 2 aromatic heterocycles. The van der Waals surface area contributed by atoms with Crippen molar-refractivity contribution in [1.82, 2.24) is 19.4 Å². The largest absolute Gasteiger partial charge is 0.353 e. The molecular weight excluding hydrogens is 296 g/mol. The Bertz CT molecular complexity index is 808. The van der Waals surface area contributed by atoms with Crippen LogP contribution in [0.3, 0.4) is 0 Å². The number of aryl methyl sites for hydroxylation is 2. The molecule has 0 atom stereocenters. The number of hydrogen-bond acceptors (Lipinski definition) is 2. The third-order valence-corrected chi connectivity index (χ3v) is 5.26. The molecule has 0 unspecified atom stereocenters. The van der Waals surface area contributed by atoms with E-state index in [-0.39, 0.29) is 0 Å². The fraction of sp³-hybridized carbons (Fsp3) is 0.450. The van der Waals surface area contributed by atoms with Gasteiger partial charge in [-0.05, 0) is 57.5 Å². The number of likely N-dealkylation sites (tertiary alicyclic amines) is 1. The molecule has 1 fully saturated rings. The maximum absolute atomic E-state index is 4.40. The number of benzene rings is 1. The smallest absolute Gasteiger partial charge is 0.0951 e. The second-order valence-electron chi connectivity index (χ2n) is 6.90. The fourth-order valence-corrected chi connectivity index (χ4v) is 3.89. The molecule has 0 amide bonds. The molecule has 0 bridgehead atoms. The van der Waals surface area contributed by atoms with E-state index in [1.165, 1.54) is 73.2 Å². The van der Waals surface area contributed by atoms with Crippen molar-refractivity contribution in [2.45, 2.75) is 39.2 Å². The van der Waals surface area contributed by atoms with Crippen LogP contribution in [-0.2, 0) is 6.54 Å². The first-order valence-corrected chi connectivity index (χ1v) is 9.13. The van der Waals surface area contributed by atoms with Crippen LogP contribution in [0.1, 0.15) is 31.2 Å². The first kappa shape index (κ1) is 15.5. The highest BCUT2D eigenvalue weighted by molar-refractivity contribution is 5.89. The molecular formula is C20H26N4. The van der Waals surface area contributed by atoms with E-state index in [0.29, 0.717) is 0 Å². The van der Waals surface area contributed by atoms with Crippen LogP contribution >= 0.6 is 0 Å². The highest BCUT2D eigenvalue weighted by Gasteiger charge is 2.14. The number of H-pyrrole nitrogens is 1. The van der Waals surface area contributed by atoms with Crippen LogP contribution in [-0.4, -0.2) is 39.1 Å². The van der Waals surface area contributed by atoms with Gasteiger partial charge in [-0.1, -0.05) is 24.6 Å². The zero-order chi connectivity index (χ0) is 16.4. The Hall–Kier alpha value is -2.07. The van der Waals surface area contributed by atoms with E-state index < -0.39 is 0 Å². The van der Waals surface area contributed by atoms with E-state index in [0.717, 1.165) is 6.54 Å². The van der Waals surface area contributed by atoms with Crippen molar-refractivity contribution < 1.29 is 0 Å². The van der Waals surface area contributed by atoms with E-state index in [4.69, 9.17) is 0 Å². The van der Waals surface area contributed by atoms with E-state index in [9.17, 15) is 0 Å². The molecule has 4 nitrogen and oxygen atoms in total. The summed E-state index contributed by atoms with van der Waals surface area (Å²) < 4.78 is 2.29. The lowest BCUT2D eigenvalue weighted by Gasteiger charge is -2.26. The van der Waals surface area contributed by atoms with Crippen molar-refractivity contribution in [2.24, 2.45) is 0 Å². The molecule has 1 aromatic carbocycles. The number of para-hydroxylation sites is 1. The number of fused-ring (bicyclic) bond motifs is 1. The van der Waals surface area contributed by atoms with Gasteiger partial charge in [-0.3, -0.25) is 0 Å². The summed E-state index contributed by atoms with van der Waals surface area (Å²) in [5, 5.41) is 1.30. The molecule has 24 heavy (non-hydrogen) atoms. The standard InChI is InChI=1S/C20H26N4/c1-16-17-8-3-4-9-18(17)22-20(16)19-14-21-15-24(19)13-7-12-23-10-5-2-6-11-23/h3-4,8-9,14-15,22H,2,5-7,10-13H2,1H3. The molecule has 3 heterocycles. The van der Waals surface area contributed by atoms with Crippen molar-refractivity contribution in [1.29, 1.82) is 0 Å². The molecule has 1 aliphatic rings. The predicted molar refractivity (Wildman–Crippen MR) is 99.2 cm³/mol. The van der Waals surface area contributed by atoms with Gasteiger partial charge in [-0.15, -0.1) is 0 Å². The van der Waals surface area contributed by atoms with Gasteiger partial charge in [-0.2, -0.15) is 0 Å². The third-order valence-electron chi connectivity index (χ3n) is 5.26. The van der Waals surface area contributed by atoms with E-state index in [1.807, 2.05) is 12.5 Å². The Morgan fingerprint density at radius 1 is 1.08 bits per heavy atom. The van der Waals surface area contributed by atoms with Gasteiger partial charge in [-0.25, -0.2) is 4.98 Å². The van der Waals surface area contributed by atoms with Crippen LogP contribution in [0.25, 0.3) is 22.3 Å². The number of aromatic amines is 1. The number of piperidine rings is 1. The van der Waals surface area contributed by atoms with Crippen molar-refractivity contribution in [2.75, 3.05) is 19.6 Å². The maximum Gasteiger partial charge on any atom is 0.0951 e. The molecule has 1 N–H and O–H groups in total.